The topological polar surface area (TPSA) is 0 Å². The van der Waals surface area contributed by atoms with E-state index in [2.05, 4.69) is 41.5 Å². The molecule has 3 atom stereocenters. The molecule has 0 nitrogen and oxygen atoms in total. The second kappa shape index (κ2) is 9.97. The standard InChI is InChI=1S/C17H36/c1-7-10-11-16(8-2)13-17(9-3)12-15(6)14(4)5/h14-17H,7-13H2,1-6H3. The first-order chi connectivity index (χ1) is 8.04. The second-order valence-electron chi connectivity index (χ2n) is 6.38. The molecule has 0 aliphatic rings. The van der Waals surface area contributed by atoms with Crippen LogP contribution in [0.25, 0.3) is 0 Å². The normalized spacial score (nSPS) is 17.1. The fourth-order valence-electron chi connectivity index (χ4n) is 2.68. The molecule has 17 heavy (non-hydrogen) atoms. The van der Waals surface area contributed by atoms with Gasteiger partial charge in [-0.05, 0) is 36.5 Å². The van der Waals surface area contributed by atoms with E-state index in [0.29, 0.717) is 0 Å². The van der Waals surface area contributed by atoms with Crippen molar-refractivity contribution in [2.24, 2.45) is 23.7 Å². The molecule has 0 heteroatoms. The van der Waals surface area contributed by atoms with Crippen LogP contribution < -0.4 is 0 Å². The van der Waals surface area contributed by atoms with Crippen LogP contribution in [-0.2, 0) is 0 Å². The van der Waals surface area contributed by atoms with Gasteiger partial charge in [0.1, 0.15) is 0 Å². The van der Waals surface area contributed by atoms with Gasteiger partial charge in [-0.25, -0.2) is 0 Å². The lowest BCUT2D eigenvalue weighted by atomic mass is 9.80. The second-order valence-corrected chi connectivity index (χ2v) is 6.38. The van der Waals surface area contributed by atoms with Gasteiger partial charge in [-0.1, -0.05) is 73.6 Å². The fourth-order valence-corrected chi connectivity index (χ4v) is 2.68. The average molecular weight is 240 g/mol. The summed E-state index contributed by atoms with van der Waals surface area (Å²) in [6, 6.07) is 0. The molecule has 0 bridgehead atoms. The predicted octanol–water partition coefficient (Wildman–Crippen LogP) is 6.30. The Labute approximate surface area is 111 Å². The summed E-state index contributed by atoms with van der Waals surface area (Å²) in [5, 5.41) is 0. The van der Waals surface area contributed by atoms with E-state index in [4.69, 9.17) is 0 Å². The monoisotopic (exact) mass is 240 g/mol. The van der Waals surface area contributed by atoms with Gasteiger partial charge in [-0.3, -0.25) is 0 Å². The van der Waals surface area contributed by atoms with Gasteiger partial charge in [0.25, 0.3) is 0 Å². The van der Waals surface area contributed by atoms with Crippen molar-refractivity contribution >= 4 is 0 Å². The van der Waals surface area contributed by atoms with Crippen molar-refractivity contribution in [3.05, 3.63) is 0 Å². The van der Waals surface area contributed by atoms with Crippen LogP contribution in [0, 0.1) is 23.7 Å². The van der Waals surface area contributed by atoms with Crippen LogP contribution in [0.1, 0.15) is 86.5 Å². The Morgan fingerprint density at radius 1 is 0.765 bits per heavy atom. The minimum atomic E-state index is 0.847. The number of hydrogen-bond acceptors (Lipinski definition) is 0. The van der Waals surface area contributed by atoms with E-state index in [0.717, 1.165) is 23.7 Å². The molecule has 0 aromatic rings. The lowest BCUT2D eigenvalue weighted by molar-refractivity contribution is 0.257. The van der Waals surface area contributed by atoms with Crippen molar-refractivity contribution < 1.29 is 0 Å². The molecule has 0 spiro atoms. The first-order valence-electron chi connectivity index (χ1n) is 8.04. The van der Waals surface area contributed by atoms with Crippen molar-refractivity contribution in [2.45, 2.75) is 86.5 Å². The molecule has 104 valence electrons. The van der Waals surface area contributed by atoms with Gasteiger partial charge in [-0.15, -0.1) is 0 Å². The van der Waals surface area contributed by atoms with E-state index in [1.54, 1.807) is 0 Å². The number of unbranched alkanes of at least 4 members (excludes halogenated alkanes) is 1. The molecule has 0 saturated heterocycles. The van der Waals surface area contributed by atoms with Crippen LogP contribution in [0.3, 0.4) is 0 Å². The molecule has 0 N–H and O–H groups in total. The van der Waals surface area contributed by atoms with E-state index < -0.39 is 0 Å². The third kappa shape index (κ3) is 7.84. The fraction of sp³-hybridized carbons (Fsp3) is 1.00. The van der Waals surface area contributed by atoms with Crippen molar-refractivity contribution in [2.75, 3.05) is 0 Å². The highest BCUT2D eigenvalue weighted by atomic mass is 14.2. The zero-order chi connectivity index (χ0) is 13.3. The first kappa shape index (κ1) is 17.0. The maximum atomic E-state index is 2.43. The van der Waals surface area contributed by atoms with Crippen LogP contribution >= 0.6 is 0 Å². The largest absolute Gasteiger partial charge is 0.0654 e. The van der Waals surface area contributed by atoms with Crippen molar-refractivity contribution in [3.8, 4) is 0 Å². The van der Waals surface area contributed by atoms with Gasteiger partial charge >= 0.3 is 0 Å². The summed E-state index contributed by atoms with van der Waals surface area (Å²) >= 11 is 0. The summed E-state index contributed by atoms with van der Waals surface area (Å²) in [6.45, 7) is 14.2. The van der Waals surface area contributed by atoms with Crippen LogP contribution in [0.5, 0.6) is 0 Å². The third-order valence-electron chi connectivity index (χ3n) is 4.63. The Bertz CT molecular complexity index is 159. The maximum Gasteiger partial charge on any atom is -0.0412 e. The van der Waals surface area contributed by atoms with Crippen molar-refractivity contribution in [1.29, 1.82) is 0 Å². The highest BCUT2D eigenvalue weighted by Crippen LogP contribution is 2.30. The molecule has 0 aliphatic carbocycles. The molecular weight excluding hydrogens is 204 g/mol. The molecule has 0 rings (SSSR count). The molecule has 0 amide bonds. The van der Waals surface area contributed by atoms with Gasteiger partial charge in [0, 0.05) is 0 Å². The lowest BCUT2D eigenvalue weighted by Gasteiger charge is -2.26. The first-order valence-corrected chi connectivity index (χ1v) is 8.04. The minimum absolute atomic E-state index is 0.847. The minimum Gasteiger partial charge on any atom is -0.0654 e. The van der Waals surface area contributed by atoms with Gasteiger partial charge in [0.15, 0.2) is 0 Å². The van der Waals surface area contributed by atoms with Crippen LogP contribution in [0.2, 0.25) is 0 Å². The van der Waals surface area contributed by atoms with Crippen molar-refractivity contribution in [3.63, 3.8) is 0 Å². The molecular formula is C17H36. The predicted molar refractivity (Wildman–Crippen MR) is 80.3 cm³/mol. The Balaban J connectivity index is 4.07. The summed E-state index contributed by atoms with van der Waals surface area (Å²) in [7, 11) is 0. The summed E-state index contributed by atoms with van der Waals surface area (Å²) in [5.41, 5.74) is 0. The maximum absolute atomic E-state index is 2.43. The van der Waals surface area contributed by atoms with Crippen LogP contribution in [-0.4, -0.2) is 0 Å². The van der Waals surface area contributed by atoms with E-state index >= 15 is 0 Å². The Hall–Kier alpha value is 0. The Morgan fingerprint density at radius 2 is 1.35 bits per heavy atom. The smallest absolute Gasteiger partial charge is 0.0412 e. The Morgan fingerprint density at radius 3 is 1.76 bits per heavy atom. The quantitative estimate of drug-likeness (QED) is 0.420. The summed E-state index contributed by atoms with van der Waals surface area (Å²) in [6.07, 6.45) is 9.91. The van der Waals surface area contributed by atoms with Gasteiger partial charge in [0.2, 0.25) is 0 Å². The van der Waals surface area contributed by atoms with E-state index in [-0.39, 0.29) is 0 Å². The van der Waals surface area contributed by atoms with E-state index in [9.17, 15) is 0 Å². The molecule has 0 aromatic carbocycles. The van der Waals surface area contributed by atoms with Gasteiger partial charge in [0.05, 0.1) is 0 Å². The zero-order valence-electron chi connectivity index (χ0n) is 13.3. The Kier molecular flexibility index (Phi) is 9.97. The molecule has 0 heterocycles. The van der Waals surface area contributed by atoms with E-state index in [1.165, 1.54) is 44.9 Å². The summed E-state index contributed by atoms with van der Waals surface area (Å²) < 4.78 is 0. The number of hydrogen-bond donors (Lipinski definition) is 0. The zero-order valence-corrected chi connectivity index (χ0v) is 13.3. The molecule has 0 aliphatic heterocycles. The molecule has 0 saturated carbocycles. The molecule has 0 radical (unpaired) electrons. The highest BCUT2D eigenvalue weighted by Gasteiger charge is 2.17. The van der Waals surface area contributed by atoms with Crippen LogP contribution in [0.15, 0.2) is 0 Å². The van der Waals surface area contributed by atoms with Crippen LogP contribution in [0.4, 0.5) is 0 Å². The van der Waals surface area contributed by atoms with Gasteiger partial charge in [-0.2, -0.15) is 0 Å². The third-order valence-corrected chi connectivity index (χ3v) is 4.63. The van der Waals surface area contributed by atoms with E-state index in [1.807, 2.05) is 0 Å². The van der Waals surface area contributed by atoms with Crippen molar-refractivity contribution in [1.82, 2.24) is 0 Å². The highest BCUT2D eigenvalue weighted by molar-refractivity contribution is 4.69. The molecule has 3 unspecified atom stereocenters. The lowest BCUT2D eigenvalue weighted by Crippen LogP contribution is -2.14. The summed E-state index contributed by atoms with van der Waals surface area (Å²) in [5.74, 6) is 3.69. The summed E-state index contributed by atoms with van der Waals surface area (Å²) in [4.78, 5) is 0. The SMILES string of the molecule is CCCCC(CC)CC(CC)CC(C)C(C)C. The van der Waals surface area contributed by atoms with Gasteiger partial charge < -0.3 is 0 Å². The molecule has 0 fully saturated rings. The molecule has 0 aromatic heterocycles. The average Bonchev–Trinajstić information content (AvgIpc) is 2.32. The number of rotatable bonds is 10.